The summed E-state index contributed by atoms with van der Waals surface area (Å²) in [5, 5.41) is 3.02. The lowest BCUT2D eigenvalue weighted by Gasteiger charge is -2.32. The van der Waals surface area contributed by atoms with Gasteiger partial charge in [-0.1, -0.05) is 23.7 Å². The van der Waals surface area contributed by atoms with Gasteiger partial charge in [-0.15, -0.1) is 5.48 Å². The number of hydrogen-bond donors (Lipinski definition) is 2. The van der Waals surface area contributed by atoms with Gasteiger partial charge < -0.3 is 14.3 Å². The fourth-order valence-corrected chi connectivity index (χ4v) is 5.60. The summed E-state index contributed by atoms with van der Waals surface area (Å²) in [7, 11) is 0. The van der Waals surface area contributed by atoms with E-state index in [-0.39, 0.29) is 0 Å². The fraction of sp³-hybridized carbons (Fsp3) is 0.357. The highest BCUT2D eigenvalue weighted by Crippen LogP contribution is 2.49. The van der Waals surface area contributed by atoms with E-state index in [1.165, 1.54) is 6.07 Å². The van der Waals surface area contributed by atoms with E-state index in [1.54, 1.807) is 25.3 Å². The predicted octanol–water partition coefficient (Wildman–Crippen LogP) is 5.45. The molecular weight excluding hydrogens is 511 g/mol. The zero-order valence-corrected chi connectivity index (χ0v) is 21.8. The first kappa shape index (κ1) is 24.9. The van der Waals surface area contributed by atoms with Gasteiger partial charge in [0, 0.05) is 35.8 Å². The Morgan fingerprint density at radius 3 is 2.71 bits per heavy atom. The second kappa shape index (κ2) is 9.72. The zero-order valence-electron chi connectivity index (χ0n) is 21.1. The maximum atomic E-state index is 14.7. The van der Waals surface area contributed by atoms with Gasteiger partial charge in [0.05, 0.1) is 11.3 Å². The van der Waals surface area contributed by atoms with Crippen molar-refractivity contribution in [1.82, 2.24) is 20.7 Å². The van der Waals surface area contributed by atoms with Crippen LogP contribution in [0.25, 0.3) is 0 Å². The first-order chi connectivity index (χ1) is 18.3. The van der Waals surface area contributed by atoms with Crippen molar-refractivity contribution in [2.45, 2.75) is 51.1 Å². The van der Waals surface area contributed by atoms with E-state index in [9.17, 15) is 9.18 Å². The number of likely N-dealkylation sites (tertiary alicyclic amines) is 1. The van der Waals surface area contributed by atoms with Crippen LogP contribution >= 0.6 is 11.6 Å². The number of hydroxylamine groups is 1. The first-order valence-electron chi connectivity index (χ1n) is 12.7. The number of pyridine rings is 1. The summed E-state index contributed by atoms with van der Waals surface area (Å²) in [5.74, 6) is -0.105. The van der Waals surface area contributed by atoms with E-state index in [0.29, 0.717) is 28.0 Å². The molecule has 1 amide bonds. The Hall–Kier alpha value is -3.40. The van der Waals surface area contributed by atoms with Gasteiger partial charge >= 0.3 is 6.09 Å². The molecule has 2 fully saturated rings. The van der Waals surface area contributed by atoms with Gasteiger partial charge in [0.25, 0.3) is 5.79 Å². The summed E-state index contributed by atoms with van der Waals surface area (Å²) in [6, 6.07) is 12.5. The van der Waals surface area contributed by atoms with Crippen molar-refractivity contribution in [2.24, 2.45) is 0 Å². The lowest BCUT2D eigenvalue weighted by molar-refractivity contribution is -0.0712. The highest BCUT2D eigenvalue weighted by atomic mass is 35.5. The topological polar surface area (TPSA) is 85.0 Å². The van der Waals surface area contributed by atoms with Crippen LogP contribution in [0.15, 0.2) is 48.7 Å². The van der Waals surface area contributed by atoms with Gasteiger partial charge in [-0.25, -0.2) is 9.18 Å². The van der Waals surface area contributed by atoms with E-state index in [4.69, 9.17) is 25.9 Å². The third kappa shape index (κ3) is 4.66. The lowest BCUT2D eigenvalue weighted by Crippen LogP contribution is -2.34. The van der Waals surface area contributed by atoms with Gasteiger partial charge in [0.2, 0.25) is 0 Å². The molecule has 2 N–H and O–H groups in total. The molecular formula is C28H28ClFN4O4. The normalized spacial score (nSPS) is 23.4. The predicted molar refractivity (Wildman–Crippen MR) is 138 cm³/mol. The van der Waals surface area contributed by atoms with Gasteiger partial charge in [0.15, 0.2) is 11.5 Å². The van der Waals surface area contributed by atoms with E-state index in [0.717, 1.165) is 54.9 Å². The second-order valence-electron chi connectivity index (χ2n) is 10.1. The third-order valence-corrected chi connectivity index (χ3v) is 7.74. The molecule has 0 aliphatic carbocycles. The average Bonchev–Trinajstić information content (AvgIpc) is 3.48. The van der Waals surface area contributed by atoms with E-state index in [2.05, 4.69) is 26.7 Å². The number of aryl methyl sites for hydroxylation is 1. The van der Waals surface area contributed by atoms with E-state index in [1.807, 2.05) is 25.1 Å². The lowest BCUT2D eigenvalue weighted by atomic mass is 9.88. The monoisotopic (exact) mass is 538 g/mol. The highest BCUT2D eigenvalue weighted by Gasteiger charge is 2.43. The van der Waals surface area contributed by atoms with Crippen LogP contribution in [0.3, 0.4) is 0 Å². The van der Waals surface area contributed by atoms with Crippen molar-refractivity contribution in [1.29, 1.82) is 0 Å². The number of para-hydroxylation sites is 1. The number of piperidine rings is 1. The quantitative estimate of drug-likeness (QED) is 0.447. The molecule has 2 unspecified atom stereocenters. The maximum absolute atomic E-state index is 14.7. The van der Waals surface area contributed by atoms with Crippen molar-refractivity contribution in [3.05, 3.63) is 87.4 Å². The highest BCUT2D eigenvalue weighted by molar-refractivity contribution is 6.30. The van der Waals surface area contributed by atoms with Crippen LogP contribution in [-0.4, -0.2) is 29.1 Å². The Kier molecular flexibility index (Phi) is 6.37. The second-order valence-corrected chi connectivity index (χ2v) is 10.6. The summed E-state index contributed by atoms with van der Waals surface area (Å²) < 4.78 is 27.2. The Morgan fingerprint density at radius 1 is 1.18 bits per heavy atom. The van der Waals surface area contributed by atoms with Crippen LogP contribution in [0.1, 0.15) is 59.8 Å². The standard InChI is InChI=1S/C28H28ClFN4O4/c1-16-12-18(26-32-27(35)38-33-26)14-31-23(16)15-34-10-8-17(9-11-34)20-4-3-5-24-25(20)37-28(2,36-24)21-7-6-19(29)13-22(21)30/h3-7,12-14,17,26,33H,8-11,15H2,1-2H3,(H,32,35). The number of rotatable bonds is 5. The number of benzene rings is 2. The van der Waals surface area contributed by atoms with Gasteiger partial charge in [-0.3, -0.25) is 15.2 Å². The number of nitrogens with one attached hydrogen (secondary N) is 2. The van der Waals surface area contributed by atoms with Gasteiger partial charge in [-0.05, 0) is 74.7 Å². The molecule has 6 rings (SSSR count). The molecule has 3 aliphatic heterocycles. The summed E-state index contributed by atoms with van der Waals surface area (Å²) in [6.07, 6.45) is 2.79. The number of ether oxygens (including phenoxy) is 2. The minimum absolute atomic E-state index is 0.302. The summed E-state index contributed by atoms with van der Waals surface area (Å²) in [5.41, 5.74) is 6.98. The fourth-order valence-electron chi connectivity index (χ4n) is 5.44. The number of nitrogens with zero attached hydrogens (tertiary/aromatic N) is 2. The minimum Gasteiger partial charge on any atom is -0.444 e. The maximum Gasteiger partial charge on any atom is 0.427 e. The molecule has 3 aromatic rings. The van der Waals surface area contributed by atoms with E-state index < -0.39 is 23.9 Å². The molecule has 198 valence electrons. The smallest absolute Gasteiger partial charge is 0.427 e. The number of carbonyl (C=O) groups is 1. The molecule has 0 bridgehead atoms. The number of halogens is 2. The van der Waals surface area contributed by atoms with Crippen molar-refractivity contribution in [3.8, 4) is 11.5 Å². The SMILES string of the molecule is Cc1cc(C2NOC(=O)N2)cnc1CN1CCC(c2cccc3c2OC(C)(c2ccc(Cl)cc2F)O3)CC1. The molecule has 2 atom stereocenters. The molecule has 38 heavy (non-hydrogen) atoms. The molecule has 2 saturated heterocycles. The van der Waals surface area contributed by atoms with Gasteiger partial charge in [-0.2, -0.15) is 0 Å². The van der Waals surface area contributed by atoms with Crippen LogP contribution < -0.4 is 20.3 Å². The van der Waals surface area contributed by atoms with Gasteiger partial charge in [0.1, 0.15) is 12.0 Å². The summed E-state index contributed by atoms with van der Waals surface area (Å²) >= 11 is 5.94. The van der Waals surface area contributed by atoms with Crippen LogP contribution in [0.4, 0.5) is 9.18 Å². The molecule has 2 aromatic carbocycles. The Balaban J connectivity index is 1.12. The largest absolute Gasteiger partial charge is 0.444 e. The van der Waals surface area contributed by atoms with Crippen molar-refractivity contribution in [3.63, 3.8) is 0 Å². The minimum atomic E-state index is -1.26. The molecule has 0 radical (unpaired) electrons. The third-order valence-electron chi connectivity index (χ3n) is 7.50. The number of fused-ring (bicyclic) bond motifs is 1. The molecule has 4 heterocycles. The van der Waals surface area contributed by atoms with E-state index >= 15 is 0 Å². The van der Waals surface area contributed by atoms with Crippen molar-refractivity contribution >= 4 is 17.7 Å². The number of amides is 1. The average molecular weight is 539 g/mol. The van der Waals surface area contributed by atoms with Crippen LogP contribution in [-0.2, 0) is 17.2 Å². The number of hydrogen-bond acceptors (Lipinski definition) is 7. The summed E-state index contributed by atoms with van der Waals surface area (Å²) in [4.78, 5) is 23.1. The van der Waals surface area contributed by atoms with Crippen molar-refractivity contribution in [2.75, 3.05) is 13.1 Å². The number of carbonyl (C=O) groups excluding carboxylic acids is 1. The van der Waals surface area contributed by atoms with Crippen LogP contribution in [0, 0.1) is 12.7 Å². The molecule has 10 heteroatoms. The molecule has 0 spiro atoms. The Morgan fingerprint density at radius 2 is 2.00 bits per heavy atom. The molecule has 1 aromatic heterocycles. The Bertz CT molecular complexity index is 1400. The molecule has 8 nitrogen and oxygen atoms in total. The van der Waals surface area contributed by atoms with Crippen molar-refractivity contribution < 1.29 is 23.5 Å². The van der Waals surface area contributed by atoms with Crippen LogP contribution in [0.5, 0.6) is 11.5 Å². The number of aromatic nitrogens is 1. The Labute approximate surface area is 225 Å². The van der Waals surface area contributed by atoms with Crippen LogP contribution in [0.2, 0.25) is 5.02 Å². The summed E-state index contributed by atoms with van der Waals surface area (Å²) in [6.45, 7) is 6.34. The first-order valence-corrected chi connectivity index (χ1v) is 13.0. The zero-order chi connectivity index (χ0) is 26.4. The molecule has 3 aliphatic rings. The molecule has 0 saturated carbocycles.